The smallest absolute Gasteiger partial charge is 0.324 e. The number of urea groups is 2. The standard InChI is InChI=1S/C15H18N4O4/c1-2-23-12-5-3-10(4-6-12)17-15(22)18-8-11(9-18)19-13(20)7-16-14(19)21/h3-6,11H,2,7-9H2,1H3,(H,16,21)(H,17,22). The second kappa shape index (κ2) is 6.15. The predicted molar refractivity (Wildman–Crippen MR) is 82.2 cm³/mol. The molecule has 2 heterocycles. The van der Waals surface area contributed by atoms with Gasteiger partial charge in [-0.3, -0.25) is 9.69 Å². The highest BCUT2D eigenvalue weighted by Gasteiger charge is 2.42. The normalized spacial score (nSPS) is 17.8. The number of nitrogens with zero attached hydrogens (tertiary/aromatic N) is 2. The second-order valence-electron chi connectivity index (χ2n) is 5.37. The number of benzene rings is 1. The molecule has 1 aromatic rings. The highest BCUT2D eigenvalue weighted by molar-refractivity contribution is 6.02. The van der Waals surface area contributed by atoms with E-state index in [2.05, 4.69) is 10.6 Å². The summed E-state index contributed by atoms with van der Waals surface area (Å²) in [6.07, 6.45) is 0. The third kappa shape index (κ3) is 3.05. The SMILES string of the molecule is CCOc1ccc(NC(=O)N2CC(N3C(=O)CNC3=O)C2)cc1. The Labute approximate surface area is 133 Å². The van der Waals surface area contributed by atoms with Crippen molar-refractivity contribution in [2.75, 3.05) is 31.6 Å². The minimum absolute atomic E-state index is 0.0354. The summed E-state index contributed by atoms with van der Waals surface area (Å²) in [4.78, 5) is 38.0. The van der Waals surface area contributed by atoms with E-state index >= 15 is 0 Å². The van der Waals surface area contributed by atoms with Gasteiger partial charge in [-0.05, 0) is 31.2 Å². The van der Waals surface area contributed by atoms with Crippen LogP contribution in [-0.2, 0) is 4.79 Å². The van der Waals surface area contributed by atoms with Crippen LogP contribution in [0, 0.1) is 0 Å². The number of rotatable bonds is 4. The molecule has 0 saturated carbocycles. The molecule has 0 unspecified atom stereocenters. The van der Waals surface area contributed by atoms with E-state index in [1.54, 1.807) is 29.2 Å². The number of anilines is 1. The summed E-state index contributed by atoms with van der Waals surface area (Å²) in [6, 6.07) is 6.21. The summed E-state index contributed by atoms with van der Waals surface area (Å²) in [6.45, 7) is 3.22. The first kappa shape index (κ1) is 15.1. The van der Waals surface area contributed by atoms with Crippen molar-refractivity contribution in [3.8, 4) is 5.75 Å². The van der Waals surface area contributed by atoms with E-state index in [0.29, 0.717) is 25.4 Å². The fourth-order valence-corrected chi connectivity index (χ4v) is 2.59. The van der Waals surface area contributed by atoms with Crippen LogP contribution in [0.15, 0.2) is 24.3 Å². The van der Waals surface area contributed by atoms with Crippen molar-refractivity contribution in [2.45, 2.75) is 13.0 Å². The molecule has 0 bridgehead atoms. The van der Waals surface area contributed by atoms with E-state index in [9.17, 15) is 14.4 Å². The zero-order valence-electron chi connectivity index (χ0n) is 12.7. The van der Waals surface area contributed by atoms with Gasteiger partial charge < -0.3 is 20.3 Å². The third-order valence-electron chi connectivity index (χ3n) is 3.81. The van der Waals surface area contributed by atoms with Gasteiger partial charge in [0.05, 0.1) is 19.2 Å². The van der Waals surface area contributed by atoms with Crippen LogP contribution < -0.4 is 15.4 Å². The Morgan fingerprint density at radius 3 is 2.57 bits per heavy atom. The molecule has 2 aliphatic rings. The molecule has 8 heteroatoms. The maximum Gasteiger partial charge on any atom is 0.324 e. The monoisotopic (exact) mass is 318 g/mol. The molecular weight excluding hydrogens is 300 g/mol. The summed E-state index contributed by atoms with van der Waals surface area (Å²) < 4.78 is 5.34. The summed E-state index contributed by atoms with van der Waals surface area (Å²) in [5, 5.41) is 5.25. The van der Waals surface area contributed by atoms with Gasteiger partial charge in [0, 0.05) is 18.8 Å². The molecule has 2 saturated heterocycles. The van der Waals surface area contributed by atoms with Gasteiger partial charge >= 0.3 is 12.1 Å². The molecule has 23 heavy (non-hydrogen) atoms. The zero-order valence-corrected chi connectivity index (χ0v) is 12.7. The number of carbonyl (C=O) groups is 3. The molecule has 0 spiro atoms. The molecule has 0 radical (unpaired) electrons. The van der Waals surface area contributed by atoms with Crippen LogP contribution >= 0.6 is 0 Å². The molecule has 0 atom stereocenters. The van der Waals surface area contributed by atoms with Gasteiger partial charge in [0.1, 0.15) is 5.75 Å². The lowest BCUT2D eigenvalue weighted by Gasteiger charge is -2.42. The molecule has 2 fully saturated rings. The van der Waals surface area contributed by atoms with Crippen molar-refractivity contribution < 1.29 is 19.1 Å². The first-order valence-electron chi connectivity index (χ1n) is 7.47. The first-order chi connectivity index (χ1) is 11.1. The van der Waals surface area contributed by atoms with E-state index < -0.39 is 0 Å². The van der Waals surface area contributed by atoms with Crippen LogP contribution in [0.25, 0.3) is 0 Å². The lowest BCUT2D eigenvalue weighted by molar-refractivity contribution is -0.128. The molecular formula is C15H18N4O4. The molecule has 0 aliphatic carbocycles. The molecule has 5 amide bonds. The minimum atomic E-state index is -0.383. The number of amides is 5. The van der Waals surface area contributed by atoms with E-state index in [0.717, 1.165) is 5.75 Å². The second-order valence-corrected chi connectivity index (χ2v) is 5.37. The van der Waals surface area contributed by atoms with E-state index in [1.807, 2.05) is 6.92 Å². The van der Waals surface area contributed by atoms with Crippen LogP contribution in [0.4, 0.5) is 15.3 Å². The Hall–Kier alpha value is -2.77. The largest absolute Gasteiger partial charge is 0.494 e. The van der Waals surface area contributed by atoms with Crippen LogP contribution in [0.1, 0.15) is 6.92 Å². The molecule has 8 nitrogen and oxygen atoms in total. The summed E-state index contributed by atoms with van der Waals surface area (Å²) in [5.41, 5.74) is 0.664. The predicted octanol–water partition coefficient (Wildman–Crippen LogP) is 0.853. The Morgan fingerprint density at radius 2 is 2.00 bits per heavy atom. The third-order valence-corrected chi connectivity index (χ3v) is 3.81. The number of likely N-dealkylation sites (tertiary alicyclic amines) is 1. The summed E-state index contributed by atoms with van der Waals surface area (Å²) in [5.74, 6) is 0.500. The van der Waals surface area contributed by atoms with Gasteiger partial charge in [0.25, 0.3) is 0 Å². The zero-order chi connectivity index (χ0) is 16.4. The van der Waals surface area contributed by atoms with Crippen molar-refractivity contribution in [3.63, 3.8) is 0 Å². The van der Waals surface area contributed by atoms with Crippen molar-refractivity contribution in [2.24, 2.45) is 0 Å². The van der Waals surface area contributed by atoms with Crippen LogP contribution in [0.3, 0.4) is 0 Å². The van der Waals surface area contributed by atoms with Gasteiger partial charge in [0.2, 0.25) is 5.91 Å². The summed E-state index contributed by atoms with van der Waals surface area (Å²) >= 11 is 0. The Morgan fingerprint density at radius 1 is 1.30 bits per heavy atom. The molecule has 2 aliphatic heterocycles. The van der Waals surface area contributed by atoms with Crippen molar-refractivity contribution in [1.29, 1.82) is 0 Å². The Balaban J connectivity index is 1.51. The van der Waals surface area contributed by atoms with Gasteiger partial charge in [-0.25, -0.2) is 9.59 Å². The highest BCUT2D eigenvalue weighted by atomic mass is 16.5. The Bertz CT molecular complexity index is 609. The van der Waals surface area contributed by atoms with Gasteiger partial charge in [-0.2, -0.15) is 0 Å². The lowest BCUT2D eigenvalue weighted by atomic mass is 10.1. The van der Waals surface area contributed by atoms with E-state index in [-0.39, 0.29) is 30.6 Å². The van der Waals surface area contributed by atoms with Gasteiger partial charge in [-0.15, -0.1) is 0 Å². The van der Waals surface area contributed by atoms with Crippen LogP contribution in [0.5, 0.6) is 5.75 Å². The topological polar surface area (TPSA) is 91.0 Å². The number of ether oxygens (including phenoxy) is 1. The lowest BCUT2D eigenvalue weighted by Crippen LogP contribution is -2.63. The van der Waals surface area contributed by atoms with Gasteiger partial charge in [-0.1, -0.05) is 0 Å². The van der Waals surface area contributed by atoms with E-state index in [1.165, 1.54) is 4.90 Å². The minimum Gasteiger partial charge on any atom is -0.494 e. The first-order valence-corrected chi connectivity index (χ1v) is 7.47. The molecule has 0 aromatic heterocycles. The highest BCUT2D eigenvalue weighted by Crippen LogP contribution is 2.20. The number of carbonyl (C=O) groups excluding carboxylic acids is 3. The number of imide groups is 1. The average Bonchev–Trinajstić information content (AvgIpc) is 2.80. The number of nitrogens with one attached hydrogen (secondary N) is 2. The van der Waals surface area contributed by atoms with E-state index in [4.69, 9.17) is 4.74 Å². The van der Waals surface area contributed by atoms with Crippen LogP contribution in [-0.4, -0.2) is 60.1 Å². The van der Waals surface area contributed by atoms with Crippen LogP contribution in [0.2, 0.25) is 0 Å². The fourth-order valence-electron chi connectivity index (χ4n) is 2.59. The van der Waals surface area contributed by atoms with Crippen molar-refractivity contribution in [3.05, 3.63) is 24.3 Å². The van der Waals surface area contributed by atoms with Crippen molar-refractivity contribution in [1.82, 2.24) is 15.1 Å². The maximum absolute atomic E-state index is 12.1. The molecule has 122 valence electrons. The summed E-state index contributed by atoms with van der Waals surface area (Å²) in [7, 11) is 0. The molecule has 1 aromatic carbocycles. The number of hydrogen-bond acceptors (Lipinski definition) is 4. The fraction of sp³-hybridized carbons (Fsp3) is 0.400. The quantitative estimate of drug-likeness (QED) is 0.805. The average molecular weight is 318 g/mol. The number of hydrogen-bond donors (Lipinski definition) is 2. The van der Waals surface area contributed by atoms with Gasteiger partial charge in [0.15, 0.2) is 0 Å². The molecule has 3 rings (SSSR count). The maximum atomic E-state index is 12.1. The van der Waals surface area contributed by atoms with Crippen molar-refractivity contribution >= 4 is 23.7 Å². The Kier molecular flexibility index (Phi) is 4.05. The molecule has 2 N–H and O–H groups in total.